The lowest BCUT2D eigenvalue weighted by Crippen LogP contribution is -2.48. The molecule has 0 aliphatic carbocycles. The number of ether oxygens (including phenoxy) is 1. The molecular weight excluding hydrogens is 421 g/mol. The van der Waals surface area contributed by atoms with Crippen LogP contribution in [0.5, 0.6) is 5.75 Å². The lowest BCUT2D eigenvalue weighted by Gasteiger charge is -2.47. The Morgan fingerprint density at radius 3 is 2.67 bits per heavy atom. The van der Waals surface area contributed by atoms with E-state index in [1.165, 1.54) is 11.3 Å². The van der Waals surface area contributed by atoms with Crippen molar-refractivity contribution >= 4 is 41.0 Å². The Hall–Kier alpha value is -2.24. The molecule has 1 heterocycles. The molecule has 0 bridgehead atoms. The van der Waals surface area contributed by atoms with Crippen molar-refractivity contribution in [1.82, 2.24) is 5.43 Å². The zero-order chi connectivity index (χ0) is 21.9. The van der Waals surface area contributed by atoms with E-state index in [0.717, 1.165) is 18.5 Å². The summed E-state index contributed by atoms with van der Waals surface area (Å²) in [5.41, 5.74) is 5.75. The number of rotatable bonds is 6. The molecule has 30 heavy (non-hydrogen) atoms. The molecule has 5 nitrogen and oxygen atoms in total. The average Bonchev–Trinajstić information content (AvgIpc) is 2.68. The van der Waals surface area contributed by atoms with Crippen LogP contribution in [0.3, 0.4) is 0 Å². The summed E-state index contributed by atoms with van der Waals surface area (Å²) in [7, 11) is 0. The van der Waals surface area contributed by atoms with Crippen LogP contribution in [0.15, 0.2) is 41.5 Å². The van der Waals surface area contributed by atoms with Gasteiger partial charge >= 0.3 is 0 Å². The van der Waals surface area contributed by atoms with Gasteiger partial charge in [0.15, 0.2) is 6.61 Å². The van der Waals surface area contributed by atoms with Crippen molar-refractivity contribution in [3.05, 3.63) is 57.6 Å². The molecule has 0 fully saturated rings. The Labute approximate surface area is 188 Å². The first kappa shape index (κ1) is 22.4. The highest BCUT2D eigenvalue weighted by Gasteiger charge is 2.35. The van der Waals surface area contributed by atoms with Crippen molar-refractivity contribution in [3.63, 3.8) is 0 Å². The topological polar surface area (TPSA) is 53.9 Å². The van der Waals surface area contributed by atoms with E-state index in [9.17, 15) is 4.79 Å². The number of hydrazone groups is 1. The third-order valence-electron chi connectivity index (χ3n) is 5.40. The molecule has 0 aromatic heterocycles. The minimum absolute atomic E-state index is 0.0815. The van der Waals surface area contributed by atoms with E-state index in [2.05, 4.69) is 49.2 Å². The Morgan fingerprint density at radius 2 is 2.00 bits per heavy atom. The van der Waals surface area contributed by atoms with E-state index in [1.54, 1.807) is 30.5 Å². The molecule has 2 aromatic carbocycles. The number of carbonyl (C=O) groups excluding carboxylic acids is 1. The van der Waals surface area contributed by atoms with Crippen LogP contribution in [0.2, 0.25) is 10.0 Å². The molecule has 1 aliphatic heterocycles. The van der Waals surface area contributed by atoms with Crippen LogP contribution < -0.4 is 15.1 Å². The zero-order valence-electron chi connectivity index (χ0n) is 17.7. The quantitative estimate of drug-likeness (QED) is 0.460. The predicted molar refractivity (Wildman–Crippen MR) is 124 cm³/mol. The molecule has 0 saturated carbocycles. The number of carbonyl (C=O) groups is 1. The fraction of sp³-hybridized carbons (Fsp3) is 0.391. The molecule has 160 valence electrons. The van der Waals surface area contributed by atoms with Crippen LogP contribution in [0.1, 0.15) is 51.2 Å². The Morgan fingerprint density at radius 1 is 1.30 bits per heavy atom. The van der Waals surface area contributed by atoms with Gasteiger partial charge < -0.3 is 9.64 Å². The predicted octanol–water partition coefficient (Wildman–Crippen LogP) is 5.63. The number of nitrogens with one attached hydrogen (secondary N) is 1. The number of hydrogen-bond donors (Lipinski definition) is 1. The maximum atomic E-state index is 12.0. The first-order valence-corrected chi connectivity index (χ1v) is 10.8. The van der Waals surface area contributed by atoms with E-state index in [1.807, 2.05) is 6.07 Å². The summed E-state index contributed by atoms with van der Waals surface area (Å²) in [5.74, 6) is 0.612. The SMILES string of the molecule is CCN1c2cc(Cl)c(/C=N\NC(=O)COc3ccc(Cl)cc3)cc2C(C)CC1(C)C. The lowest BCUT2D eigenvalue weighted by atomic mass is 9.79. The molecule has 1 amide bonds. The largest absolute Gasteiger partial charge is 0.484 e. The number of halogens is 2. The van der Waals surface area contributed by atoms with Gasteiger partial charge in [0.2, 0.25) is 0 Å². The summed E-state index contributed by atoms with van der Waals surface area (Å²) in [4.78, 5) is 14.4. The normalized spacial score (nSPS) is 17.7. The van der Waals surface area contributed by atoms with Gasteiger partial charge in [-0.05, 0) is 75.1 Å². The summed E-state index contributed by atoms with van der Waals surface area (Å²) in [5, 5.41) is 5.26. The Balaban J connectivity index is 1.66. The molecule has 0 spiro atoms. The minimum atomic E-state index is -0.359. The molecule has 1 unspecified atom stereocenters. The number of benzene rings is 2. The van der Waals surface area contributed by atoms with E-state index in [-0.39, 0.29) is 18.1 Å². The molecule has 1 aliphatic rings. The highest BCUT2D eigenvalue weighted by atomic mass is 35.5. The third-order valence-corrected chi connectivity index (χ3v) is 5.98. The summed E-state index contributed by atoms with van der Waals surface area (Å²) < 4.78 is 5.41. The number of fused-ring (bicyclic) bond motifs is 1. The fourth-order valence-electron chi connectivity index (χ4n) is 4.10. The van der Waals surface area contributed by atoms with Gasteiger partial charge in [-0.25, -0.2) is 5.43 Å². The number of amides is 1. The van der Waals surface area contributed by atoms with Crippen molar-refractivity contribution < 1.29 is 9.53 Å². The van der Waals surface area contributed by atoms with E-state index < -0.39 is 0 Å². The van der Waals surface area contributed by atoms with Crippen LogP contribution in [-0.4, -0.2) is 30.8 Å². The van der Waals surface area contributed by atoms with Gasteiger partial charge in [0.25, 0.3) is 5.91 Å². The number of hydrogen-bond acceptors (Lipinski definition) is 4. The summed E-state index contributed by atoms with van der Waals surface area (Å²) in [6.07, 6.45) is 2.64. The first-order chi connectivity index (χ1) is 14.2. The van der Waals surface area contributed by atoms with Crippen LogP contribution in [0.4, 0.5) is 5.69 Å². The van der Waals surface area contributed by atoms with Crippen LogP contribution in [-0.2, 0) is 4.79 Å². The summed E-state index contributed by atoms with van der Waals surface area (Å²) >= 11 is 12.4. The maximum Gasteiger partial charge on any atom is 0.277 e. The molecular formula is C23H27Cl2N3O2. The summed E-state index contributed by atoms with van der Waals surface area (Å²) in [6, 6.07) is 10.9. The average molecular weight is 448 g/mol. The molecule has 1 atom stereocenters. The second-order valence-corrected chi connectivity index (χ2v) is 8.97. The molecule has 2 aromatic rings. The lowest BCUT2D eigenvalue weighted by molar-refractivity contribution is -0.123. The third kappa shape index (κ3) is 5.08. The van der Waals surface area contributed by atoms with Crippen molar-refractivity contribution in [2.75, 3.05) is 18.1 Å². The molecule has 3 rings (SSSR count). The molecule has 0 saturated heterocycles. The smallest absolute Gasteiger partial charge is 0.277 e. The minimum Gasteiger partial charge on any atom is -0.484 e. The fourth-order valence-corrected chi connectivity index (χ4v) is 4.44. The second-order valence-electron chi connectivity index (χ2n) is 8.13. The number of nitrogens with zero attached hydrogens (tertiary/aromatic N) is 2. The van der Waals surface area contributed by atoms with Gasteiger partial charge in [0, 0.05) is 28.4 Å². The van der Waals surface area contributed by atoms with Gasteiger partial charge in [-0.15, -0.1) is 0 Å². The van der Waals surface area contributed by atoms with Crippen molar-refractivity contribution in [3.8, 4) is 5.75 Å². The maximum absolute atomic E-state index is 12.0. The van der Waals surface area contributed by atoms with Gasteiger partial charge in [0.1, 0.15) is 5.75 Å². The number of anilines is 1. The first-order valence-electron chi connectivity index (χ1n) is 10.0. The zero-order valence-corrected chi connectivity index (χ0v) is 19.2. The highest BCUT2D eigenvalue weighted by Crippen LogP contribution is 2.44. The van der Waals surface area contributed by atoms with Gasteiger partial charge in [-0.1, -0.05) is 30.1 Å². The summed E-state index contributed by atoms with van der Waals surface area (Å²) in [6.45, 7) is 9.70. The molecule has 7 heteroatoms. The van der Waals surface area contributed by atoms with Crippen molar-refractivity contribution in [1.29, 1.82) is 0 Å². The van der Waals surface area contributed by atoms with E-state index >= 15 is 0 Å². The van der Waals surface area contributed by atoms with Gasteiger partial charge in [-0.2, -0.15) is 5.10 Å². The van der Waals surface area contributed by atoms with Crippen molar-refractivity contribution in [2.45, 2.75) is 45.6 Å². The standard InChI is InChI=1S/C23H27Cl2N3O2/c1-5-28-21-11-20(25)16(10-19(21)15(2)12-23(28,3)4)13-26-27-22(29)14-30-18-8-6-17(24)7-9-18/h6-11,13,15H,5,12,14H2,1-4H3,(H,27,29)/b26-13-. The van der Waals surface area contributed by atoms with E-state index in [4.69, 9.17) is 27.9 Å². The van der Waals surface area contributed by atoms with Crippen LogP contribution >= 0.6 is 23.2 Å². The van der Waals surface area contributed by atoms with Crippen LogP contribution in [0, 0.1) is 0 Å². The molecule has 1 N–H and O–H groups in total. The van der Waals surface area contributed by atoms with Crippen molar-refractivity contribution in [2.24, 2.45) is 5.10 Å². The monoisotopic (exact) mass is 447 g/mol. The van der Waals surface area contributed by atoms with Crippen LogP contribution in [0.25, 0.3) is 0 Å². The van der Waals surface area contributed by atoms with Gasteiger partial charge in [-0.3, -0.25) is 4.79 Å². The van der Waals surface area contributed by atoms with E-state index in [0.29, 0.717) is 21.7 Å². The van der Waals surface area contributed by atoms with Gasteiger partial charge in [0.05, 0.1) is 11.2 Å². The molecule has 0 radical (unpaired) electrons. The highest BCUT2D eigenvalue weighted by molar-refractivity contribution is 6.33. The Kier molecular flexibility index (Phi) is 6.94. The Bertz CT molecular complexity index is 942. The second kappa shape index (κ2) is 9.27.